The van der Waals surface area contributed by atoms with E-state index in [9.17, 15) is 4.79 Å². The van der Waals surface area contributed by atoms with Crippen molar-refractivity contribution < 1.29 is 9.21 Å². The van der Waals surface area contributed by atoms with Gasteiger partial charge < -0.3 is 4.42 Å². The van der Waals surface area contributed by atoms with Gasteiger partial charge in [0, 0.05) is 5.41 Å². The first-order valence-electron chi connectivity index (χ1n) is 9.75. The molecule has 2 aliphatic heterocycles. The molecule has 8 heteroatoms. The van der Waals surface area contributed by atoms with Crippen LogP contribution in [0.15, 0.2) is 36.9 Å². The minimum Gasteiger partial charge on any atom is -0.450 e. The number of nitrogens with one attached hydrogen (secondary N) is 1. The van der Waals surface area contributed by atoms with Crippen molar-refractivity contribution in [3.05, 3.63) is 28.1 Å². The highest BCUT2D eigenvalue weighted by atomic mass is 79.9. The highest BCUT2D eigenvalue weighted by Crippen LogP contribution is 2.62. The number of halogens is 1. The fraction of sp³-hybridized carbons (Fsp3) is 0.500. The smallest absolute Gasteiger partial charge is 0.283 e. The first-order valence-corrected chi connectivity index (χ1v) is 11.4. The lowest BCUT2D eigenvalue weighted by Crippen LogP contribution is -2.49. The minimum absolute atomic E-state index is 0.0785. The summed E-state index contributed by atoms with van der Waals surface area (Å²) in [5.74, 6) is 2.65. The van der Waals surface area contributed by atoms with Crippen LogP contribution in [0.1, 0.15) is 44.3 Å². The van der Waals surface area contributed by atoms with Crippen molar-refractivity contribution in [1.29, 1.82) is 5.41 Å². The Morgan fingerprint density at radius 3 is 2.50 bits per heavy atom. The Bertz CT molecular complexity index is 972. The summed E-state index contributed by atoms with van der Waals surface area (Å²) in [4.78, 5) is 16.8. The molecule has 1 aromatic heterocycles. The van der Waals surface area contributed by atoms with Gasteiger partial charge in [0.25, 0.3) is 5.91 Å². The van der Waals surface area contributed by atoms with E-state index in [4.69, 9.17) is 14.9 Å². The number of hydrogen-bond donors (Lipinski definition) is 1. The number of hydrogen-bond acceptors (Lipinski definition) is 5. The monoisotopic (exact) mass is 458 g/mol. The molecule has 144 valence electrons. The predicted octanol–water partition coefficient (Wildman–Crippen LogP) is 4.88. The second-order valence-electron chi connectivity index (χ2n) is 8.76. The van der Waals surface area contributed by atoms with Gasteiger partial charge in [0.1, 0.15) is 10.8 Å². The van der Waals surface area contributed by atoms with Gasteiger partial charge in [-0.3, -0.25) is 10.2 Å². The number of carbonyl (C=O) groups excluding carboxylic acids is 1. The summed E-state index contributed by atoms with van der Waals surface area (Å²) in [6.45, 7) is 0. The Kier molecular flexibility index (Phi) is 3.64. The van der Waals surface area contributed by atoms with Gasteiger partial charge in [-0.05, 0) is 102 Å². The number of thioether (sulfide) groups is 1. The van der Waals surface area contributed by atoms with Gasteiger partial charge in [0.2, 0.25) is 5.17 Å². The summed E-state index contributed by atoms with van der Waals surface area (Å²) < 4.78 is 6.04. The molecule has 0 aromatic carbocycles. The molecule has 4 aliphatic carbocycles. The van der Waals surface area contributed by atoms with Gasteiger partial charge in [-0.2, -0.15) is 15.1 Å². The summed E-state index contributed by atoms with van der Waals surface area (Å²) in [6, 6.07) is 3.51. The van der Waals surface area contributed by atoms with E-state index in [0.717, 1.165) is 22.8 Å². The molecule has 4 bridgehead atoms. The molecular formula is C20H19BrN4O2S. The lowest BCUT2D eigenvalue weighted by Gasteiger charge is -2.56. The molecular weight excluding hydrogens is 440 g/mol. The first kappa shape index (κ1) is 17.2. The third-order valence-corrected chi connectivity index (χ3v) is 8.41. The van der Waals surface area contributed by atoms with Crippen molar-refractivity contribution in [2.45, 2.75) is 38.5 Å². The Balaban J connectivity index is 1.34. The van der Waals surface area contributed by atoms with Crippen molar-refractivity contribution in [3.63, 3.8) is 0 Å². The van der Waals surface area contributed by atoms with E-state index in [1.807, 2.05) is 0 Å². The number of nitrogens with zero attached hydrogens (tertiary/aromatic N) is 3. The zero-order valence-corrected chi connectivity index (χ0v) is 17.6. The molecule has 7 rings (SSSR count). The van der Waals surface area contributed by atoms with E-state index >= 15 is 0 Å². The first-order chi connectivity index (χ1) is 13.5. The Labute approximate surface area is 175 Å². The van der Waals surface area contributed by atoms with Crippen molar-refractivity contribution >= 4 is 55.7 Å². The van der Waals surface area contributed by atoms with Gasteiger partial charge >= 0.3 is 0 Å². The van der Waals surface area contributed by atoms with Crippen LogP contribution < -0.4 is 0 Å². The molecule has 3 heterocycles. The summed E-state index contributed by atoms with van der Waals surface area (Å²) in [7, 11) is 0. The molecule has 0 spiro atoms. The number of carbonyl (C=O) groups is 1. The molecule has 6 nitrogen and oxygen atoms in total. The SMILES string of the molecule is N=C1/C(=C\c2ccc(Br)o2)C(=O)N=C2SC(C34CC5CC(CC(C5)C3)C4)=NN12. The number of amidine groups is 2. The van der Waals surface area contributed by atoms with Crippen LogP contribution in [0, 0.1) is 28.6 Å². The molecule has 28 heavy (non-hydrogen) atoms. The van der Waals surface area contributed by atoms with Crippen molar-refractivity contribution in [1.82, 2.24) is 5.01 Å². The average Bonchev–Trinajstić information content (AvgIpc) is 3.24. The second-order valence-corrected chi connectivity index (χ2v) is 10.5. The Hall–Kier alpha value is -1.67. The quantitative estimate of drug-likeness (QED) is 0.640. The number of rotatable bonds is 2. The van der Waals surface area contributed by atoms with Crippen LogP contribution in [-0.4, -0.2) is 27.0 Å². The van der Waals surface area contributed by atoms with E-state index in [1.54, 1.807) is 23.2 Å². The molecule has 1 N–H and O–H groups in total. The van der Waals surface area contributed by atoms with Gasteiger partial charge in [-0.15, -0.1) is 0 Å². The minimum atomic E-state index is -0.404. The Morgan fingerprint density at radius 2 is 1.89 bits per heavy atom. The molecule has 1 amide bonds. The van der Waals surface area contributed by atoms with Crippen molar-refractivity contribution in [2.24, 2.45) is 33.3 Å². The van der Waals surface area contributed by atoms with Crippen LogP contribution in [0.4, 0.5) is 0 Å². The maximum Gasteiger partial charge on any atom is 0.283 e. The van der Waals surface area contributed by atoms with Crippen molar-refractivity contribution in [2.75, 3.05) is 0 Å². The average molecular weight is 459 g/mol. The van der Waals surface area contributed by atoms with Gasteiger partial charge in [0.05, 0.1) is 5.57 Å². The predicted molar refractivity (Wildman–Crippen MR) is 112 cm³/mol. The summed E-state index contributed by atoms with van der Waals surface area (Å²) in [6.07, 6.45) is 9.31. The Morgan fingerprint density at radius 1 is 1.21 bits per heavy atom. The normalized spacial score (nSPS) is 37.5. The fourth-order valence-corrected chi connectivity index (χ4v) is 7.56. The van der Waals surface area contributed by atoms with Crippen molar-refractivity contribution in [3.8, 4) is 0 Å². The van der Waals surface area contributed by atoms with E-state index < -0.39 is 5.91 Å². The number of aliphatic imine (C=N–C) groups is 1. The van der Waals surface area contributed by atoms with E-state index in [1.165, 1.54) is 50.3 Å². The maximum atomic E-state index is 12.6. The van der Waals surface area contributed by atoms with Crippen LogP contribution in [0.2, 0.25) is 0 Å². The summed E-state index contributed by atoms with van der Waals surface area (Å²) in [5.41, 5.74) is 0.347. The number of hydrazone groups is 1. The molecule has 0 radical (unpaired) electrons. The molecule has 1 aromatic rings. The molecule has 4 fully saturated rings. The third-order valence-electron chi connectivity index (χ3n) is 6.83. The van der Waals surface area contributed by atoms with Crippen LogP contribution in [-0.2, 0) is 4.79 Å². The zero-order valence-electron chi connectivity index (χ0n) is 15.2. The standard InChI is InChI=1S/C20H19BrN4O2S/c21-15-2-1-13(27-15)6-14-16(22)25-19(23-17(14)26)28-18(24-25)20-7-10-3-11(8-20)5-12(4-10)9-20/h1-2,6,10-12,22H,3-5,7-9H2/b14-6+,22-16?. The van der Waals surface area contributed by atoms with Crippen LogP contribution in [0.5, 0.6) is 0 Å². The van der Waals surface area contributed by atoms with E-state index in [0.29, 0.717) is 15.6 Å². The van der Waals surface area contributed by atoms with Gasteiger partial charge in [0.15, 0.2) is 10.5 Å². The summed E-state index contributed by atoms with van der Waals surface area (Å²) >= 11 is 4.77. The van der Waals surface area contributed by atoms with E-state index in [2.05, 4.69) is 20.9 Å². The zero-order chi connectivity index (χ0) is 19.0. The van der Waals surface area contributed by atoms with Crippen LogP contribution >= 0.6 is 27.7 Å². The summed E-state index contributed by atoms with van der Waals surface area (Å²) in [5, 5.41) is 16.6. The second kappa shape index (κ2) is 5.92. The number of amides is 1. The highest BCUT2D eigenvalue weighted by Gasteiger charge is 2.55. The van der Waals surface area contributed by atoms with Crippen LogP contribution in [0.25, 0.3) is 6.08 Å². The highest BCUT2D eigenvalue weighted by molar-refractivity contribution is 9.10. The number of fused-ring (bicyclic) bond motifs is 1. The topological polar surface area (TPSA) is 82.0 Å². The molecule has 6 aliphatic rings. The number of furan rings is 1. The molecule has 0 saturated heterocycles. The van der Waals surface area contributed by atoms with Crippen LogP contribution in [0.3, 0.4) is 0 Å². The largest absolute Gasteiger partial charge is 0.450 e. The van der Waals surface area contributed by atoms with E-state index in [-0.39, 0.29) is 16.8 Å². The van der Waals surface area contributed by atoms with Gasteiger partial charge in [-0.25, -0.2) is 0 Å². The third kappa shape index (κ3) is 2.53. The lowest BCUT2D eigenvalue weighted by molar-refractivity contribution is -0.114. The molecule has 0 atom stereocenters. The maximum absolute atomic E-state index is 12.6. The van der Waals surface area contributed by atoms with Gasteiger partial charge in [-0.1, -0.05) is 0 Å². The lowest BCUT2D eigenvalue weighted by atomic mass is 9.50. The molecule has 4 saturated carbocycles. The molecule has 0 unspecified atom stereocenters. The fourth-order valence-electron chi connectivity index (χ4n) is 6.13.